The highest BCUT2D eigenvalue weighted by molar-refractivity contribution is 5.66. The summed E-state index contributed by atoms with van der Waals surface area (Å²) in [5.74, 6) is 2.55. The Labute approximate surface area is 119 Å². The van der Waals surface area contributed by atoms with Gasteiger partial charge in [0.2, 0.25) is 0 Å². The Balaban J connectivity index is 2.09. The summed E-state index contributed by atoms with van der Waals surface area (Å²) in [7, 11) is 1.54. The van der Waals surface area contributed by atoms with Gasteiger partial charge in [0.1, 0.15) is 6.61 Å². The van der Waals surface area contributed by atoms with Crippen LogP contribution in [-0.2, 0) is 17.6 Å². The van der Waals surface area contributed by atoms with Gasteiger partial charge in [-0.1, -0.05) is 24.1 Å². The minimum absolute atomic E-state index is 0.0748. The number of rotatable bonds is 5. The van der Waals surface area contributed by atoms with Crippen LogP contribution in [0, 0.1) is 12.3 Å². The maximum Gasteiger partial charge on any atom is 0.406 e. The molecule has 4 nitrogen and oxygen atoms in total. The average molecular weight is 272 g/mol. The summed E-state index contributed by atoms with van der Waals surface area (Å²) < 4.78 is 5.14. The van der Waals surface area contributed by atoms with E-state index in [0.29, 0.717) is 6.54 Å². The minimum Gasteiger partial charge on any atom is -0.448 e. The van der Waals surface area contributed by atoms with E-state index >= 15 is 0 Å². The van der Waals surface area contributed by atoms with Gasteiger partial charge < -0.3 is 10.1 Å². The van der Waals surface area contributed by atoms with Crippen molar-refractivity contribution in [3.63, 3.8) is 0 Å². The highest BCUT2D eigenvalue weighted by Gasteiger charge is 2.17. The molecule has 1 aromatic rings. The summed E-state index contributed by atoms with van der Waals surface area (Å²) in [4.78, 5) is 11.2. The standard InChI is InChI=1S/C16H20N2O2/c1-3-9-18-15(11-20-16(19)17-2)14-8-7-12-5-4-6-13(12)10-14/h1,7-8,10,15,18H,4-6,9,11H2,2H3,(H,17,19). The van der Waals surface area contributed by atoms with Gasteiger partial charge in [-0.05, 0) is 36.0 Å². The van der Waals surface area contributed by atoms with Crippen LogP contribution in [-0.4, -0.2) is 26.3 Å². The zero-order valence-corrected chi connectivity index (χ0v) is 11.7. The summed E-state index contributed by atoms with van der Waals surface area (Å²) in [5, 5.41) is 5.66. The second-order valence-electron chi connectivity index (χ2n) is 4.87. The van der Waals surface area contributed by atoms with Crippen LogP contribution in [0.4, 0.5) is 4.79 Å². The molecule has 1 aliphatic rings. The van der Waals surface area contributed by atoms with Crippen molar-refractivity contribution in [3.05, 3.63) is 34.9 Å². The fraction of sp³-hybridized carbons (Fsp3) is 0.438. The molecule has 0 aromatic heterocycles. The van der Waals surface area contributed by atoms with E-state index in [0.717, 1.165) is 18.4 Å². The molecule has 0 saturated carbocycles. The lowest BCUT2D eigenvalue weighted by molar-refractivity contribution is 0.136. The summed E-state index contributed by atoms with van der Waals surface area (Å²) in [6.07, 6.45) is 8.37. The van der Waals surface area contributed by atoms with Crippen molar-refractivity contribution in [1.82, 2.24) is 10.6 Å². The Bertz CT molecular complexity index is 520. The van der Waals surface area contributed by atoms with Crippen molar-refractivity contribution >= 4 is 6.09 Å². The molecule has 4 heteroatoms. The zero-order chi connectivity index (χ0) is 14.4. The van der Waals surface area contributed by atoms with Gasteiger partial charge >= 0.3 is 6.09 Å². The molecule has 0 bridgehead atoms. The number of amides is 1. The van der Waals surface area contributed by atoms with E-state index in [1.54, 1.807) is 7.05 Å². The first-order valence-electron chi connectivity index (χ1n) is 6.87. The molecule has 1 unspecified atom stereocenters. The second kappa shape index (κ2) is 6.97. The third-order valence-electron chi connectivity index (χ3n) is 3.56. The number of benzene rings is 1. The highest BCUT2D eigenvalue weighted by Crippen LogP contribution is 2.25. The van der Waals surface area contributed by atoms with Gasteiger partial charge in [-0.2, -0.15) is 0 Å². The van der Waals surface area contributed by atoms with E-state index < -0.39 is 6.09 Å². The van der Waals surface area contributed by atoms with Crippen molar-refractivity contribution in [2.45, 2.75) is 25.3 Å². The van der Waals surface area contributed by atoms with Crippen LogP contribution in [0.3, 0.4) is 0 Å². The normalized spacial score (nSPS) is 14.2. The van der Waals surface area contributed by atoms with Crippen molar-refractivity contribution in [3.8, 4) is 12.3 Å². The van der Waals surface area contributed by atoms with E-state index in [-0.39, 0.29) is 12.6 Å². The topological polar surface area (TPSA) is 50.4 Å². The van der Waals surface area contributed by atoms with E-state index in [1.807, 2.05) is 0 Å². The SMILES string of the molecule is C#CCNC(COC(=O)NC)c1ccc2c(c1)CCC2. The largest absolute Gasteiger partial charge is 0.448 e. The summed E-state index contributed by atoms with van der Waals surface area (Å²) in [6, 6.07) is 6.38. The fourth-order valence-corrected chi connectivity index (χ4v) is 2.49. The summed E-state index contributed by atoms with van der Waals surface area (Å²) in [5.41, 5.74) is 3.94. The highest BCUT2D eigenvalue weighted by atomic mass is 16.5. The van der Waals surface area contributed by atoms with Crippen molar-refractivity contribution < 1.29 is 9.53 Å². The number of nitrogens with one attached hydrogen (secondary N) is 2. The van der Waals surface area contributed by atoms with Crippen molar-refractivity contribution in [2.75, 3.05) is 20.2 Å². The Kier molecular flexibility index (Phi) is 5.03. The summed E-state index contributed by atoms with van der Waals surface area (Å²) >= 11 is 0. The number of fused-ring (bicyclic) bond motifs is 1. The number of alkyl carbamates (subject to hydrolysis) is 1. The minimum atomic E-state index is -0.432. The molecule has 0 spiro atoms. The van der Waals surface area contributed by atoms with Gasteiger partial charge in [0, 0.05) is 7.05 Å². The lowest BCUT2D eigenvalue weighted by atomic mass is 10.0. The van der Waals surface area contributed by atoms with E-state index in [9.17, 15) is 4.79 Å². The molecule has 1 atom stereocenters. The molecule has 0 radical (unpaired) electrons. The van der Waals surface area contributed by atoms with Crippen LogP contribution < -0.4 is 10.6 Å². The van der Waals surface area contributed by atoms with Gasteiger partial charge in [-0.25, -0.2) is 4.79 Å². The van der Waals surface area contributed by atoms with Crippen molar-refractivity contribution in [1.29, 1.82) is 0 Å². The molecule has 0 aliphatic heterocycles. The molecule has 0 saturated heterocycles. The number of carbonyl (C=O) groups is 1. The number of terminal acetylenes is 1. The molecule has 20 heavy (non-hydrogen) atoms. The first-order valence-corrected chi connectivity index (χ1v) is 6.87. The Hall–Kier alpha value is -1.99. The lowest BCUT2D eigenvalue weighted by Gasteiger charge is -2.19. The first-order chi connectivity index (χ1) is 9.74. The maximum absolute atomic E-state index is 11.2. The van der Waals surface area contributed by atoms with Gasteiger partial charge in [-0.3, -0.25) is 5.32 Å². The molecule has 1 aromatic carbocycles. The molecule has 0 fully saturated rings. The summed E-state index contributed by atoms with van der Waals surface area (Å²) in [6.45, 7) is 0.707. The Morgan fingerprint density at radius 3 is 3.00 bits per heavy atom. The monoisotopic (exact) mass is 272 g/mol. The molecular formula is C16H20N2O2. The van der Waals surface area contributed by atoms with Crippen LogP contribution in [0.1, 0.15) is 29.2 Å². The molecule has 2 N–H and O–H groups in total. The number of aryl methyl sites for hydroxylation is 2. The molecule has 1 aliphatic carbocycles. The number of ether oxygens (including phenoxy) is 1. The van der Waals surface area contributed by atoms with E-state index in [4.69, 9.17) is 11.2 Å². The van der Waals surface area contributed by atoms with E-state index in [2.05, 4.69) is 34.8 Å². The molecule has 1 amide bonds. The lowest BCUT2D eigenvalue weighted by Crippen LogP contribution is -2.29. The van der Waals surface area contributed by atoms with Gasteiger partial charge in [0.15, 0.2) is 0 Å². The van der Waals surface area contributed by atoms with Crippen molar-refractivity contribution in [2.24, 2.45) is 0 Å². The average Bonchev–Trinajstić information content (AvgIpc) is 2.94. The van der Waals surface area contributed by atoms with Gasteiger partial charge in [-0.15, -0.1) is 6.42 Å². The Morgan fingerprint density at radius 2 is 2.25 bits per heavy atom. The zero-order valence-electron chi connectivity index (χ0n) is 11.7. The number of carbonyl (C=O) groups excluding carboxylic acids is 1. The van der Waals surface area contributed by atoms with Crippen LogP contribution in [0.25, 0.3) is 0 Å². The number of hydrogen-bond acceptors (Lipinski definition) is 3. The van der Waals surface area contributed by atoms with Crippen LogP contribution in [0.5, 0.6) is 0 Å². The molecule has 2 rings (SSSR count). The van der Waals surface area contributed by atoms with Gasteiger partial charge in [0.05, 0.1) is 12.6 Å². The molecule has 0 heterocycles. The van der Waals surface area contributed by atoms with E-state index in [1.165, 1.54) is 17.5 Å². The fourth-order valence-electron chi connectivity index (χ4n) is 2.49. The maximum atomic E-state index is 11.2. The second-order valence-corrected chi connectivity index (χ2v) is 4.87. The Morgan fingerprint density at radius 1 is 1.45 bits per heavy atom. The van der Waals surface area contributed by atoms with Crippen LogP contribution in [0.2, 0.25) is 0 Å². The smallest absolute Gasteiger partial charge is 0.406 e. The quantitative estimate of drug-likeness (QED) is 0.804. The predicted molar refractivity (Wildman–Crippen MR) is 78.5 cm³/mol. The van der Waals surface area contributed by atoms with Crippen LogP contribution >= 0.6 is 0 Å². The predicted octanol–water partition coefficient (Wildman–Crippen LogP) is 1.80. The third-order valence-corrected chi connectivity index (χ3v) is 3.56. The van der Waals surface area contributed by atoms with Crippen LogP contribution in [0.15, 0.2) is 18.2 Å². The number of hydrogen-bond donors (Lipinski definition) is 2. The molecule has 106 valence electrons. The van der Waals surface area contributed by atoms with Gasteiger partial charge in [0.25, 0.3) is 0 Å². The first kappa shape index (κ1) is 14.4. The third kappa shape index (κ3) is 3.52. The molecular weight excluding hydrogens is 252 g/mol.